The Bertz CT molecular complexity index is 217. The number of hydrogen-bond acceptors (Lipinski definition) is 4. The van der Waals surface area contributed by atoms with Gasteiger partial charge in [-0.05, 0) is 6.42 Å². The lowest BCUT2D eigenvalue weighted by molar-refractivity contribution is -0.148. The quantitative estimate of drug-likeness (QED) is 0.287. The van der Waals surface area contributed by atoms with Gasteiger partial charge < -0.3 is 4.74 Å². The third-order valence-corrected chi connectivity index (χ3v) is 2.00. The largest absolute Gasteiger partial charge is 0.464 e. The summed E-state index contributed by atoms with van der Waals surface area (Å²) in [6.07, 6.45) is 1.61. The van der Waals surface area contributed by atoms with E-state index >= 15 is 0 Å². The van der Waals surface area contributed by atoms with Crippen molar-refractivity contribution in [2.75, 3.05) is 6.61 Å². The van der Waals surface area contributed by atoms with Gasteiger partial charge in [0.05, 0.1) is 6.61 Å². The van der Waals surface area contributed by atoms with Gasteiger partial charge in [0, 0.05) is 12.8 Å². The minimum atomic E-state index is -0.570. The first-order chi connectivity index (χ1) is 6.16. The molecule has 1 saturated heterocycles. The van der Waals surface area contributed by atoms with Crippen LogP contribution in [0.4, 0.5) is 0 Å². The van der Waals surface area contributed by atoms with Gasteiger partial charge in [-0.25, -0.2) is 10.6 Å². The molecule has 0 spiro atoms. The molecule has 0 saturated carbocycles. The molecule has 2 N–H and O–H groups in total. The van der Waals surface area contributed by atoms with E-state index in [2.05, 4.69) is 0 Å². The highest BCUT2D eigenvalue weighted by Crippen LogP contribution is 2.12. The second-order valence-electron chi connectivity index (χ2n) is 3.02. The van der Waals surface area contributed by atoms with E-state index in [9.17, 15) is 9.59 Å². The fraction of sp³-hybridized carbons (Fsp3) is 0.750. The van der Waals surface area contributed by atoms with Crippen LogP contribution in [0.15, 0.2) is 0 Å². The van der Waals surface area contributed by atoms with Crippen molar-refractivity contribution in [1.29, 1.82) is 0 Å². The second-order valence-corrected chi connectivity index (χ2v) is 3.02. The predicted octanol–water partition coefficient (Wildman–Crippen LogP) is -0.196. The third kappa shape index (κ3) is 2.18. The Morgan fingerprint density at radius 3 is 2.92 bits per heavy atom. The predicted molar refractivity (Wildman–Crippen MR) is 45.3 cm³/mol. The van der Waals surface area contributed by atoms with E-state index < -0.39 is 12.0 Å². The summed E-state index contributed by atoms with van der Waals surface area (Å²) in [5.74, 6) is 4.88. The molecule has 13 heavy (non-hydrogen) atoms. The molecule has 1 fully saturated rings. The summed E-state index contributed by atoms with van der Waals surface area (Å²) in [6, 6.07) is -0.570. The van der Waals surface area contributed by atoms with Crippen molar-refractivity contribution in [2.45, 2.75) is 32.2 Å². The lowest BCUT2D eigenvalue weighted by Gasteiger charge is -2.19. The van der Waals surface area contributed by atoms with Crippen LogP contribution in [-0.2, 0) is 14.3 Å². The maximum Gasteiger partial charge on any atom is 0.330 e. The summed E-state index contributed by atoms with van der Waals surface area (Å²) in [4.78, 5) is 22.3. The number of esters is 1. The highest BCUT2D eigenvalue weighted by Gasteiger charge is 2.33. The molecule has 0 aromatic rings. The molecule has 0 bridgehead atoms. The number of hydrogen-bond donors (Lipinski definition) is 1. The number of carbonyl (C=O) groups excluding carboxylic acids is 2. The molecular weight excluding hydrogens is 172 g/mol. The summed E-state index contributed by atoms with van der Waals surface area (Å²) in [6.45, 7) is 2.25. The van der Waals surface area contributed by atoms with Crippen LogP contribution in [0.3, 0.4) is 0 Å². The molecule has 0 radical (unpaired) electrons. The van der Waals surface area contributed by atoms with Crippen molar-refractivity contribution in [2.24, 2.45) is 5.84 Å². The Kier molecular flexibility index (Phi) is 3.25. The lowest BCUT2D eigenvalue weighted by Crippen LogP contribution is -2.47. The summed E-state index contributed by atoms with van der Waals surface area (Å²) in [7, 11) is 0. The fourth-order valence-corrected chi connectivity index (χ4v) is 1.25. The van der Waals surface area contributed by atoms with Crippen molar-refractivity contribution in [1.82, 2.24) is 5.01 Å². The van der Waals surface area contributed by atoms with E-state index in [1.54, 1.807) is 0 Å². The van der Waals surface area contributed by atoms with E-state index in [0.717, 1.165) is 11.4 Å². The van der Waals surface area contributed by atoms with Crippen molar-refractivity contribution in [3.8, 4) is 0 Å². The van der Waals surface area contributed by atoms with Gasteiger partial charge in [0.15, 0.2) is 0 Å². The van der Waals surface area contributed by atoms with Crippen molar-refractivity contribution >= 4 is 11.9 Å². The van der Waals surface area contributed by atoms with Gasteiger partial charge in [0.2, 0.25) is 5.91 Å². The standard InChI is InChI=1S/C8H14N2O3/c1-2-3-7(11)10(9)6-4-5-13-8(6)12/h6H,2-5,9H2,1H3. The molecule has 5 nitrogen and oxygen atoms in total. The molecular formula is C8H14N2O3. The number of hydrazine groups is 1. The van der Waals surface area contributed by atoms with Gasteiger partial charge in [0.25, 0.3) is 0 Å². The van der Waals surface area contributed by atoms with E-state index in [-0.39, 0.29) is 5.91 Å². The molecule has 1 unspecified atom stereocenters. The molecule has 1 aliphatic rings. The summed E-state index contributed by atoms with van der Waals surface area (Å²) < 4.78 is 4.70. The van der Waals surface area contributed by atoms with Crippen LogP contribution in [0.2, 0.25) is 0 Å². The minimum Gasteiger partial charge on any atom is -0.464 e. The maximum absolute atomic E-state index is 11.3. The average molecular weight is 186 g/mol. The van der Waals surface area contributed by atoms with Gasteiger partial charge in [-0.2, -0.15) is 0 Å². The lowest BCUT2D eigenvalue weighted by atomic mass is 10.2. The number of carbonyl (C=O) groups is 2. The van der Waals surface area contributed by atoms with E-state index in [4.69, 9.17) is 10.6 Å². The molecule has 0 aromatic heterocycles. The minimum absolute atomic E-state index is 0.202. The number of rotatable bonds is 3. The third-order valence-electron chi connectivity index (χ3n) is 2.00. The van der Waals surface area contributed by atoms with Crippen LogP contribution in [0.5, 0.6) is 0 Å². The van der Waals surface area contributed by atoms with Gasteiger partial charge in [-0.3, -0.25) is 9.80 Å². The van der Waals surface area contributed by atoms with E-state index in [1.807, 2.05) is 6.92 Å². The van der Waals surface area contributed by atoms with Gasteiger partial charge >= 0.3 is 5.97 Å². The summed E-state index contributed by atoms with van der Waals surface area (Å²) in [5, 5.41) is 0.999. The zero-order chi connectivity index (χ0) is 9.84. The number of amides is 1. The van der Waals surface area contributed by atoms with Gasteiger partial charge in [0.1, 0.15) is 6.04 Å². The Hall–Kier alpha value is -1.10. The van der Waals surface area contributed by atoms with E-state index in [0.29, 0.717) is 19.4 Å². The van der Waals surface area contributed by atoms with Crippen molar-refractivity contribution in [3.05, 3.63) is 0 Å². The number of ether oxygens (including phenoxy) is 1. The molecule has 5 heteroatoms. The van der Waals surface area contributed by atoms with Gasteiger partial charge in [-0.1, -0.05) is 6.92 Å². The van der Waals surface area contributed by atoms with E-state index in [1.165, 1.54) is 0 Å². The molecule has 1 amide bonds. The monoisotopic (exact) mass is 186 g/mol. The molecule has 0 aromatic carbocycles. The highest BCUT2D eigenvalue weighted by molar-refractivity contribution is 5.84. The summed E-state index contributed by atoms with van der Waals surface area (Å²) in [5.41, 5.74) is 0. The van der Waals surface area contributed by atoms with Gasteiger partial charge in [-0.15, -0.1) is 0 Å². The van der Waals surface area contributed by atoms with Crippen LogP contribution in [0.25, 0.3) is 0 Å². The topological polar surface area (TPSA) is 72.6 Å². The van der Waals surface area contributed by atoms with Crippen molar-refractivity contribution < 1.29 is 14.3 Å². The molecule has 74 valence electrons. The number of cyclic esters (lactones) is 1. The number of nitrogens with zero attached hydrogens (tertiary/aromatic N) is 1. The molecule has 1 rings (SSSR count). The molecule has 1 atom stereocenters. The normalized spacial score (nSPS) is 21.4. The zero-order valence-corrected chi connectivity index (χ0v) is 7.66. The zero-order valence-electron chi connectivity index (χ0n) is 7.66. The van der Waals surface area contributed by atoms with Crippen LogP contribution in [0.1, 0.15) is 26.2 Å². The molecule has 1 heterocycles. The molecule has 1 aliphatic heterocycles. The SMILES string of the molecule is CCCC(=O)N(N)C1CCOC1=O. The number of nitrogens with two attached hydrogens (primary N) is 1. The van der Waals surface area contributed by atoms with Crippen LogP contribution in [0, 0.1) is 0 Å². The Morgan fingerprint density at radius 1 is 1.77 bits per heavy atom. The first-order valence-electron chi connectivity index (χ1n) is 4.40. The average Bonchev–Trinajstić information content (AvgIpc) is 2.50. The fourth-order valence-electron chi connectivity index (χ4n) is 1.25. The van der Waals surface area contributed by atoms with Crippen LogP contribution < -0.4 is 5.84 Å². The van der Waals surface area contributed by atoms with Crippen molar-refractivity contribution in [3.63, 3.8) is 0 Å². The Morgan fingerprint density at radius 2 is 2.46 bits per heavy atom. The Balaban J connectivity index is 2.50. The first kappa shape index (κ1) is 9.98. The van der Waals surface area contributed by atoms with Crippen LogP contribution >= 0.6 is 0 Å². The smallest absolute Gasteiger partial charge is 0.330 e. The second kappa shape index (κ2) is 4.23. The highest BCUT2D eigenvalue weighted by atomic mass is 16.5. The summed E-state index contributed by atoms with van der Waals surface area (Å²) >= 11 is 0. The molecule has 0 aliphatic carbocycles. The maximum atomic E-state index is 11.3. The first-order valence-corrected chi connectivity index (χ1v) is 4.40. The Labute approximate surface area is 76.8 Å². The van der Waals surface area contributed by atoms with Crippen LogP contribution in [-0.4, -0.2) is 29.5 Å².